The number of benzene rings is 1. The third kappa shape index (κ3) is 5.40. The summed E-state index contributed by atoms with van der Waals surface area (Å²) in [6.45, 7) is -0.402. The summed E-state index contributed by atoms with van der Waals surface area (Å²) < 4.78 is 4.92. The molecular formula is C16H13ClN2O3S. The minimum atomic E-state index is -0.520. The molecule has 0 aliphatic heterocycles. The number of nitrogens with zero attached hydrogens (tertiary/aromatic N) is 1. The van der Waals surface area contributed by atoms with Gasteiger partial charge in [0.05, 0.1) is 17.7 Å². The number of aryl methyl sites for hydroxylation is 1. The third-order valence-corrected chi connectivity index (χ3v) is 4.07. The standard InChI is InChI=1S/C16H13ClN2O3S/c17-12-4-3-11(9-18)14(8-12)19-15(20)10-22-16(21)6-5-13-2-1-7-23-13/h1-4,7-8H,5-6,10H2,(H,19,20). The Morgan fingerprint density at radius 3 is 2.87 bits per heavy atom. The fourth-order valence-electron chi connectivity index (χ4n) is 1.80. The van der Waals surface area contributed by atoms with E-state index >= 15 is 0 Å². The van der Waals surface area contributed by atoms with E-state index in [2.05, 4.69) is 5.32 Å². The number of nitrogens with one attached hydrogen (secondary N) is 1. The third-order valence-electron chi connectivity index (χ3n) is 2.90. The van der Waals surface area contributed by atoms with Gasteiger partial charge < -0.3 is 10.1 Å². The fraction of sp³-hybridized carbons (Fsp3) is 0.188. The second kappa shape index (κ2) is 8.32. The Morgan fingerprint density at radius 2 is 2.17 bits per heavy atom. The minimum Gasteiger partial charge on any atom is -0.456 e. The number of nitriles is 1. The van der Waals surface area contributed by atoms with Crippen LogP contribution in [0.1, 0.15) is 16.9 Å². The van der Waals surface area contributed by atoms with E-state index in [1.54, 1.807) is 17.4 Å². The van der Waals surface area contributed by atoms with E-state index in [1.807, 2.05) is 23.6 Å². The first kappa shape index (κ1) is 17.0. The highest BCUT2D eigenvalue weighted by Gasteiger charge is 2.11. The molecular weight excluding hydrogens is 336 g/mol. The summed E-state index contributed by atoms with van der Waals surface area (Å²) >= 11 is 7.40. The molecule has 0 fully saturated rings. The van der Waals surface area contributed by atoms with E-state index in [1.165, 1.54) is 12.1 Å². The van der Waals surface area contributed by atoms with E-state index in [0.717, 1.165) is 4.88 Å². The maximum absolute atomic E-state index is 11.8. The predicted octanol–water partition coefficient (Wildman–Crippen LogP) is 3.39. The Kier molecular flexibility index (Phi) is 6.15. The number of thiophene rings is 1. The lowest BCUT2D eigenvalue weighted by Crippen LogP contribution is -2.21. The van der Waals surface area contributed by atoms with Crippen LogP contribution in [0.5, 0.6) is 0 Å². The van der Waals surface area contributed by atoms with Crippen LogP contribution in [0.3, 0.4) is 0 Å². The SMILES string of the molecule is N#Cc1ccc(Cl)cc1NC(=O)COC(=O)CCc1cccs1. The molecule has 1 amide bonds. The van der Waals surface area contributed by atoms with Gasteiger partial charge in [0.15, 0.2) is 6.61 Å². The Balaban J connectivity index is 1.80. The van der Waals surface area contributed by atoms with Crippen LogP contribution in [-0.2, 0) is 20.7 Å². The Morgan fingerprint density at radius 1 is 1.35 bits per heavy atom. The van der Waals surface area contributed by atoms with Crippen LogP contribution in [0.4, 0.5) is 5.69 Å². The monoisotopic (exact) mass is 348 g/mol. The van der Waals surface area contributed by atoms with Crippen LogP contribution in [0.25, 0.3) is 0 Å². The van der Waals surface area contributed by atoms with Crippen molar-refractivity contribution < 1.29 is 14.3 Å². The first-order chi connectivity index (χ1) is 11.1. The van der Waals surface area contributed by atoms with Crippen molar-refractivity contribution in [2.45, 2.75) is 12.8 Å². The van der Waals surface area contributed by atoms with Crippen molar-refractivity contribution in [3.63, 3.8) is 0 Å². The van der Waals surface area contributed by atoms with Crippen LogP contribution in [0.15, 0.2) is 35.7 Å². The van der Waals surface area contributed by atoms with Gasteiger partial charge in [-0.3, -0.25) is 9.59 Å². The van der Waals surface area contributed by atoms with Crippen molar-refractivity contribution in [2.75, 3.05) is 11.9 Å². The van der Waals surface area contributed by atoms with Crippen LogP contribution in [0, 0.1) is 11.3 Å². The number of anilines is 1. The molecule has 23 heavy (non-hydrogen) atoms. The summed E-state index contributed by atoms with van der Waals surface area (Å²) in [5, 5.41) is 13.8. The molecule has 0 saturated carbocycles. The van der Waals surface area contributed by atoms with Crippen molar-refractivity contribution in [3.8, 4) is 6.07 Å². The van der Waals surface area contributed by atoms with Gasteiger partial charge in [0.2, 0.25) is 0 Å². The van der Waals surface area contributed by atoms with Crippen molar-refractivity contribution in [3.05, 3.63) is 51.2 Å². The van der Waals surface area contributed by atoms with Crippen molar-refractivity contribution in [1.29, 1.82) is 5.26 Å². The lowest BCUT2D eigenvalue weighted by Gasteiger charge is -2.08. The highest BCUT2D eigenvalue weighted by Crippen LogP contribution is 2.20. The topological polar surface area (TPSA) is 79.2 Å². The fourth-order valence-corrected chi connectivity index (χ4v) is 2.68. The van der Waals surface area contributed by atoms with Gasteiger partial charge in [0.1, 0.15) is 6.07 Å². The van der Waals surface area contributed by atoms with E-state index in [9.17, 15) is 9.59 Å². The van der Waals surface area contributed by atoms with Crippen LogP contribution < -0.4 is 5.32 Å². The van der Waals surface area contributed by atoms with Crippen LogP contribution in [0.2, 0.25) is 5.02 Å². The minimum absolute atomic E-state index is 0.217. The van der Waals surface area contributed by atoms with Crippen LogP contribution in [-0.4, -0.2) is 18.5 Å². The Hall–Kier alpha value is -2.36. The van der Waals surface area contributed by atoms with Gasteiger partial charge in [-0.05, 0) is 36.1 Å². The average molecular weight is 349 g/mol. The summed E-state index contributed by atoms with van der Waals surface area (Å²) in [6, 6.07) is 10.3. The molecule has 118 valence electrons. The van der Waals surface area contributed by atoms with Gasteiger partial charge in [0.25, 0.3) is 5.91 Å². The quantitative estimate of drug-likeness (QED) is 0.811. The molecule has 0 aliphatic rings. The number of rotatable bonds is 6. The highest BCUT2D eigenvalue weighted by molar-refractivity contribution is 7.09. The van der Waals surface area contributed by atoms with Gasteiger partial charge in [-0.2, -0.15) is 5.26 Å². The average Bonchev–Trinajstić information content (AvgIpc) is 3.04. The number of hydrogen-bond acceptors (Lipinski definition) is 5. The second-order valence-corrected chi connectivity index (χ2v) is 6.06. The van der Waals surface area contributed by atoms with Gasteiger partial charge in [0, 0.05) is 9.90 Å². The van der Waals surface area contributed by atoms with E-state index in [-0.39, 0.29) is 12.0 Å². The number of hydrogen-bond donors (Lipinski definition) is 1. The summed E-state index contributed by atoms with van der Waals surface area (Å²) in [5.41, 5.74) is 0.575. The number of carbonyl (C=O) groups is 2. The number of amides is 1. The number of esters is 1. The molecule has 0 spiro atoms. The Bertz CT molecular complexity index is 738. The summed E-state index contributed by atoms with van der Waals surface area (Å²) in [6.07, 6.45) is 0.805. The normalized spacial score (nSPS) is 9.91. The zero-order valence-electron chi connectivity index (χ0n) is 12.0. The molecule has 0 bridgehead atoms. The molecule has 1 aromatic carbocycles. The number of carbonyl (C=O) groups excluding carboxylic acids is 2. The number of halogens is 1. The molecule has 0 aliphatic carbocycles. The molecule has 2 rings (SSSR count). The summed E-state index contributed by atoms with van der Waals surface area (Å²) in [4.78, 5) is 24.5. The maximum atomic E-state index is 11.8. The molecule has 1 N–H and O–H groups in total. The van der Waals surface area contributed by atoms with Crippen molar-refractivity contribution >= 4 is 40.5 Å². The molecule has 0 radical (unpaired) electrons. The molecule has 5 nitrogen and oxygen atoms in total. The van der Waals surface area contributed by atoms with Gasteiger partial charge >= 0.3 is 5.97 Å². The molecule has 7 heteroatoms. The van der Waals surface area contributed by atoms with E-state index < -0.39 is 18.5 Å². The van der Waals surface area contributed by atoms with Gasteiger partial charge in [-0.15, -0.1) is 11.3 Å². The predicted molar refractivity (Wildman–Crippen MR) is 88.4 cm³/mol. The lowest BCUT2D eigenvalue weighted by atomic mass is 10.2. The Labute approximate surface area is 142 Å². The summed E-state index contributed by atoms with van der Waals surface area (Å²) in [5.74, 6) is -0.964. The van der Waals surface area contributed by atoms with Gasteiger partial charge in [-0.25, -0.2) is 0 Å². The molecule has 0 unspecified atom stereocenters. The van der Waals surface area contributed by atoms with E-state index in [4.69, 9.17) is 21.6 Å². The van der Waals surface area contributed by atoms with Crippen LogP contribution >= 0.6 is 22.9 Å². The first-order valence-corrected chi connectivity index (χ1v) is 8.02. The lowest BCUT2D eigenvalue weighted by molar-refractivity contribution is -0.147. The smallest absolute Gasteiger partial charge is 0.306 e. The van der Waals surface area contributed by atoms with Gasteiger partial charge in [-0.1, -0.05) is 17.7 Å². The van der Waals surface area contributed by atoms with Crippen molar-refractivity contribution in [1.82, 2.24) is 0 Å². The highest BCUT2D eigenvalue weighted by atomic mass is 35.5. The number of ether oxygens (including phenoxy) is 1. The van der Waals surface area contributed by atoms with E-state index in [0.29, 0.717) is 17.1 Å². The molecule has 0 atom stereocenters. The first-order valence-electron chi connectivity index (χ1n) is 6.76. The maximum Gasteiger partial charge on any atom is 0.306 e. The molecule has 1 aromatic heterocycles. The largest absolute Gasteiger partial charge is 0.456 e. The zero-order valence-corrected chi connectivity index (χ0v) is 13.6. The zero-order chi connectivity index (χ0) is 16.7. The summed E-state index contributed by atoms with van der Waals surface area (Å²) in [7, 11) is 0. The molecule has 1 heterocycles. The second-order valence-electron chi connectivity index (χ2n) is 4.59. The molecule has 2 aromatic rings. The van der Waals surface area contributed by atoms with Crippen molar-refractivity contribution in [2.24, 2.45) is 0 Å². The molecule has 0 saturated heterocycles.